The average molecular weight is 256 g/mol. The third kappa shape index (κ3) is 3.36. The molecule has 0 bridgehead atoms. The largest absolute Gasteiger partial charge is 0.389 e. The minimum atomic E-state index is -0.524. The Kier molecular flexibility index (Phi) is 4.84. The summed E-state index contributed by atoms with van der Waals surface area (Å²) in [6.07, 6.45) is -0.524. The molecule has 17 heavy (non-hydrogen) atoms. The fourth-order valence-corrected chi connectivity index (χ4v) is 2.09. The second-order valence-electron chi connectivity index (χ2n) is 4.98. The third-order valence-corrected chi connectivity index (χ3v) is 3.74. The molecule has 0 aliphatic carbocycles. The van der Waals surface area contributed by atoms with Gasteiger partial charge < -0.3 is 10.0 Å². The first-order valence-electron chi connectivity index (χ1n) is 6.05. The SMILES string of the molecule is CC(O)c1ccc(N(C)C(C)C(C)C)cc1Cl. The predicted octanol–water partition coefficient (Wildman–Crippen LogP) is 3.87. The van der Waals surface area contributed by atoms with Crippen LogP contribution in [0.2, 0.25) is 5.02 Å². The van der Waals surface area contributed by atoms with E-state index in [4.69, 9.17) is 11.6 Å². The first kappa shape index (κ1) is 14.3. The molecule has 0 fully saturated rings. The van der Waals surface area contributed by atoms with E-state index < -0.39 is 6.10 Å². The molecule has 2 atom stereocenters. The summed E-state index contributed by atoms with van der Waals surface area (Å²) in [6, 6.07) is 6.27. The van der Waals surface area contributed by atoms with E-state index in [9.17, 15) is 5.11 Å². The number of anilines is 1. The molecule has 0 aliphatic rings. The summed E-state index contributed by atoms with van der Waals surface area (Å²) in [5, 5.41) is 10.2. The minimum absolute atomic E-state index is 0.448. The second kappa shape index (κ2) is 5.74. The van der Waals surface area contributed by atoms with Crippen molar-refractivity contribution < 1.29 is 5.11 Å². The zero-order chi connectivity index (χ0) is 13.2. The number of aliphatic hydroxyl groups excluding tert-OH is 1. The van der Waals surface area contributed by atoms with E-state index in [1.165, 1.54) is 0 Å². The summed E-state index contributed by atoms with van der Waals surface area (Å²) in [5.41, 5.74) is 1.86. The molecule has 0 radical (unpaired) electrons. The quantitative estimate of drug-likeness (QED) is 0.883. The smallest absolute Gasteiger partial charge is 0.0776 e. The Morgan fingerprint density at radius 2 is 1.76 bits per heavy atom. The van der Waals surface area contributed by atoms with Crippen molar-refractivity contribution in [1.82, 2.24) is 0 Å². The van der Waals surface area contributed by atoms with Crippen molar-refractivity contribution in [2.75, 3.05) is 11.9 Å². The minimum Gasteiger partial charge on any atom is -0.389 e. The molecule has 0 saturated carbocycles. The van der Waals surface area contributed by atoms with Crippen LogP contribution in [0.3, 0.4) is 0 Å². The highest BCUT2D eigenvalue weighted by Gasteiger charge is 2.15. The summed E-state index contributed by atoms with van der Waals surface area (Å²) in [6.45, 7) is 8.32. The van der Waals surface area contributed by atoms with Gasteiger partial charge in [0.1, 0.15) is 0 Å². The van der Waals surface area contributed by atoms with Crippen LogP contribution >= 0.6 is 11.6 Å². The number of hydrogen-bond acceptors (Lipinski definition) is 2. The van der Waals surface area contributed by atoms with Crippen molar-refractivity contribution in [2.24, 2.45) is 5.92 Å². The summed E-state index contributed by atoms with van der Waals surface area (Å²) in [5.74, 6) is 0.579. The number of nitrogens with zero attached hydrogens (tertiary/aromatic N) is 1. The van der Waals surface area contributed by atoms with Crippen LogP contribution in [0.5, 0.6) is 0 Å². The van der Waals surface area contributed by atoms with E-state index >= 15 is 0 Å². The van der Waals surface area contributed by atoms with Gasteiger partial charge in [-0.05, 0) is 37.5 Å². The number of hydrogen-bond donors (Lipinski definition) is 1. The molecule has 1 N–H and O–H groups in total. The predicted molar refractivity (Wildman–Crippen MR) is 74.8 cm³/mol. The zero-order valence-electron chi connectivity index (χ0n) is 11.2. The molecular formula is C14H22ClNO. The van der Waals surface area contributed by atoms with Crippen molar-refractivity contribution in [3.8, 4) is 0 Å². The summed E-state index contributed by atoms with van der Waals surface area (Å²) >= 11 is 6.17. The number of halogens is 1. The molecule has 0 spiro atoms. The molecule has 1 aromatic carbocycles. The summed E-state index contributed by atoms with van der Waals surface area (Å²) in [4.78, 5) is 2.21. The molecule has 1 aromatic rings. The molecule has 0 heterocycles. The van der Waals surface area contributed by atoms with Gasteiger partial charge >= 0.3 is 0 Å². The highest BCUT2D eigenvalue weighted by molar-refractivity contribution is 6.31. The van der Waals surface area contributed by atoms with Crippen molar-refractivity contribution in [3.63, 3.8) is 0 Å². The molecule has 3 heteroatoms. The molecular weight excluding hydrogens is 234 g/mol. The van der Waals surface area contributed by atoms with Gasteiger partial charge in [-0.15, -0.1) is 0 Å². The Morgan fingerprint density at radius 1 is 1.18 bits per heavy atom. The second-order valence-corrected chi connectivity index (χ2v) is 5.38. The summed E-state index contributed by atoms with van der Waals surface area (Å²) in [7, 11) is 2.07. The van der Waals surface area contributed by atoms with E-state index in [0.29, 0.717) is 17.0 Å². The molecule has 2 unspecified atom stereocenters. The lowest BCUT2D eigenvalue weighted by Crippen LogP contribution is -2.33. The van der Waals surface area contributed by atoms with Crippen LogP contribution in [-0.4, -0.2) is 18.2 Å². The highest BCUT2D eigenvalue weighted by atomic mass is 35.5. The fourth-order valence-electron chi connectivity index (χ4n) is 1.76. The van der Waals surface area contributed by atoms with Gasteiger partial charge in [0, 0.05) is 23.8 Å². The number of rotatable bonds is 4. The molecule has 0 saturated heterocycles. The van der Waals surface area contributed by atoms with Gasteiger partial charge in [-0.1, -0.05) is 31.5 Å². The lowest BCUT2D eigenvalue weighted by molar-refractivity contribution is 0.199. The maximum Gasteiger partial charge on any atom is 0.0776 e. The maximum atomic E-state index is 9.53. The van der Waals surface area contributed by atoms with E-state index in [2.05, 4.69) is 32.7 Å². The van der Waals surface area contributed by atoms with E-state index in [1.54, 1.807) is 6.92 Å². The Hall–Kier alpha value is -0.730. The third-order valence-electron chi connectivity index (χ3n) is 3.42. The van der Waals surface area contributed by atoms with Crippen molar-refractivity contribution in [1.29, 1.82) is 0 Å². The molecule has 0 aliphatic heterocycles. The van der Waals surface area contributed by atoms with Crippen molar-refractivity contribution in [2.45, 2.75) is 39.8 Å². The molecule has 2 nitrogen and oxygen atoms in total. The Balaban J connectivity index is 2.97. The lowest BCUT2D eigenvalue weighted by atomic mass is 10.0. The van der Waals surface area contributed by atoms with E-state index in [1.807, 2.05) is 18.2 Å². The van der Waals surface area contributed by atoms with Crippen molar-refractivity contribution >= 4 is 17.3 Å². The maximum absolute atomic E-state index is 9.53. The van der Waals surface area contributed by atoms with E-state index in [0.717, 1.165) is 11.3 Å². The Labute approximate surface area is 109 Å². The van der Waals surface area contributed by atoms with Gasteiger partial charge in [0.05, 0.1) is 6.10 Å². The first-order valence-corrected chi connectivity index (χ1v) is 6.42. The van der Waals surface area contributed by atoms with Crippen LogP contribution in [0, 0.1) is 5.92 Å². The normalized spacial score (nSPS) is 14.8. The van der Waals surface area contributed by atoms with Gasteiger partial charge in [0.15, 0.2) is 0 Å². The van der Waals surface area contributed by atoms with Gasteiger partial charge in [-0.3, -0.25) is 0 Å². The van der Waals surface area contributed by atoms with E-state index in [-0.39, 0.29) is 0 Å². The molecule has 1 rings (SSSR count). The molecule has 96 valence electrons. The fraction of sp³-hybridized carbons (Fsp3) is 0.571. The van der Waals surface area contributed by atoms with Gasteiger partial charge in [0.2, 0.25) is 0 Å². The monoisotopic (exact) mass is 255 g/mol. The number of benzene rings is 1. The molecule has 0 amide bonds. The van der Waals surface area contributed by atoms with Gasteiger partial charge in [-0.2, -0.15) is 0 Å². The van der Waals surface area contributed by atoms with Crippen LogP contribution in [0.1, 0.15) is 39.4 Å². The Bertz CT molecular complexity index is 376. The van der Waals surface area contributed by atoms with Crippen molar-refractivity contribution in [3.05, 3.63) is 28.8 Å². The van der Waals surface area contributed by atoms with Crippen LogP contribution in [0.25, 0.3) is 0 Å². The van der Waals surface area contributed by atoms with Crippen LogP contribution in [0.15, 0.2) is 18.2 Å². The van der Waals surface area contributed by atoms with Crippen LogP contribution in [-0.2, 0) is 0 Å². The summed E-state index contributed by atoms with van der Waals surface area (Å²) < 4.78 is 0. The molecule has 0 aromatic heterocycles. The Morgan fingerprint density at radius 3 is 2.18 bits per heavy atom. The average Bonchev–Trinajstić information content (AvgIpc) is 2.26. The lowest BCUT2D eigenvalue weighted by Gasteiger charge is -2.30. The van der Waals surface area contributed by atoms with Gasteiger partial charge in [-0.25, -0.2) is 0 Å². The standard InChI is InChI=1S/C14H22ClNO/c1-9(2)10(3)16(5)12-6-7-13(11(4)17)14(15)8-12/h6-11,17H,1-5H3. The topological polar surface area (TPSA) is 23.5 Å². The number of aliphatic hydroxyl groups is 1. The van der Waals surface area contributed by atoms with Gasteiger partial charge in [0.25, 0.3) is 0 Å². The highest BCUT2D eigenvalue weighted by Crippen LogP contribution is 2.28. The zero-order valence-corrected chi connectivity index (χ0v) is 12.0. The van der Waals surface area contributed by atoms with Crippen LogP contribution < -0.4 is 4.90 Å². The first-order chi connectivity index (χ1) is 7.84. The van der Waals surface area contributed by atoms with Crippen LogP contribution in [0.4, 0.5) is 5.69 Å².